The third-order valence-corrected chi connectivity index (χ3v) is 4.88. The molecule has 2 aliphatic rings. The van der Waals surface area contributed by atoms with E-state index < -0.39 is 5.54 Å². The summed E-state index contributed by atoms with van der Waals surface area (Å²) < 4.78 is 25.3. The Labute approximate surface area is 121 Å². The Bertz CT molecular complexity index is 540. The Morgan fingerprint density at radius 2 is 2.35 bits per heavy atom. The van der Waals surface area contributed by atoms with Gasteiger partial charge < -0.3 is 15.2 Å². The maximum atomic E-state index is 14.2. The lowest BCUT2D eigenvalue weighted by Gasteiger charge is -2.35. The predicted molar refractivity (Wildman–Crippen MR) is 77.3 cm³/mol. The van der Waals surface area contributed by atoms with Gasteiger partial charge in [-0.15, -0.1) is 0 Å². The second-order valence-electron chi connectivity index (χ2n) is 5.08. The SMILES string of the molecule is COC[C@H]1OCC2(c3ccccc3F)N=C(N)SC[C@H]12. The van der Waals surface area contributed by atoms with Crippen LogP contribution in [0.1, 0.15) is 5.56 Å². The highest BCUT2D eigenvalue weighted by molar-refractivity contribution is 8.13. The molecule has 6 heteroatoms. The quantitative estimate of drug-likeness (QED) is 0.923. The number of methoxy groups -OCH3 is 1. The van der Waals surface area contributed by atoms with Crippen LogP contribution < -0.4 is 5.73 Å². The number of amidine groups is 1. The summed E-state index contributed by atoms with van der Waals surface area (Å²) in [5, 5.41) is 0.492. The van der Waals surface area contributed by atoms with Gasteiger partial charge in [0.25, 0.3) is 0 Å². The predicted octanol–water partition coefficient (Wildman–Crippen LogP) is 1.74. The molecule has 2 N–H and O–H groups in total. The van der Waals surface area contributed by atoms with Gasteiger partial charge >= 0.3 is 0 Å². The zero-order valence-corrected chi connectivity index (χ0v) is 12.0. The Balaban J connectivity index is 2.07. The summed E-state index contributed by atoms with van der Waals surface area (Å²) in [6, 6.07) is 6.73. The van der Waals surface area contributed by atoms with Crippen molar-refractivity contribution in [3.05, 3.63) is 35.6 Å². The van der Waals surface area contributed by atoms with Crippen molar-refractivity contribution >= 4 is 16.9 Å². The number of thioether (sulfide) groups is 1. The first kappa shape index (κ1) is 13.9. The van der Waals surface area contributed by atoms with Gasteiger partial charge in [-0.1, -0.05) is 30.0 Å². The standard InChI is InChI=1S/C14H17FN2O2S/c1-18-6-12-10-7-20-13(16)17-14(10,8-19-12)9-4-2-3-5-11(9)15/h2-5,10,12H,6-8H2,1H3,(H2,16,17)/t10-,12-,14?/m1/s1. The van der Waals surface area contributed by atoms with Crippen molar-refractivity contribution in [2.45, 2.75) is 11.6 Å². The van der Waals surface area contributed by atoms with Crippen molar-refractivity contribution in [2.24, 2.45) is 16.6 Å². The molecular weight excluding hydrogens is 279 g/mol. The zero-order chi connectivity index (χ0) is 14.2. The van der Waals surface area contributed by atoms with Crippen LogP contribution in [0.25, 0.3) is 0 Å². The van der Waals surface area contributed by atoms with Crippen LogP contribution in [0.4, 0.5) is 4.39 Å². The molecule has 1 aromatic rings. The molecule has 2 heterocycles. The normalized spacial score (nSPS) is 32.8. The van der Waals surface area contributed by atoms with Crippen molar-refractivity contribution in [2.75, 3.05) is 26.1 Å². The molecule has 0 spiro atoms. The number of ether oxygens (including phenoxy) is 2. The fourth-order valence-electron chi connectivity index (χ4n) is 3.01. The first-order valence-electron chi connectivity index (χ1n) is 6.51. The first-order valence-corrected chi connectivity index (χ1v) is 7.49. The van der Waals surface area contributed by atoms with Crippen LogP contribution >= 0.6 is 11.8 Å². The van der Waals surface area contributed by atoms with E-state index in [0.717, 1.165) is 5.75 Å². The topological polar surface area (TPSA) is 56.8 Å². The summed E-state index contributed by atoms with van der Waals surface area (Å²) in [6.45, 7) is 0.824. The minimum absolute atomic E-state index is 0.0663. The summed E-state index contributed by atoms with van der Waals surface area (Å²) in [7, 11) is 1.64. The maximum Gasteiger partial charge on any atom is 0.154 e. The zero-order valence-electron chi connectivity index (χ0n) is 11.2. The molecule has 1 aromatic carbocycles. The minimum atomic E-state index is -0.718. The Morgan fingerprint density at radius 1 is 1.55 bits per heavy atom. The van der Waals surface area contributed by atoms with E-state index in [2.05, 4.69) is 4.99 Å². The average molecular weight is 296 g/mol. The van der Waals surface area contributed by atoms with E-state index in [-0.39, 0.29) is 17.8 Å². The monoisotopic (exact) mass is 296 g/mol. The van der Waals surface area contributed by atoms with Crippen LogP contribution in [0.15, 0.2) is 29.3 Å². The van der Waals surface area contributed by atoms with Gasteiger partial charge in [0, 0.05) is 24.3 Å². The van der Waals surface area contributed by atoms with Gasteiger partial charge in [-0.3, -0.25) is 0 Å². The lowest BCUT2D eigenvalue weighted by molar-refractivity contribution is 0.0240. The van der Waals surface area contributed by atoms with Crippen LogP contribution in [-0.4, -0.2) is 37.3 Å². The van der Waals surface area contributed by atoms with Crippen LogP contribution in [0, 0.1) is 11.7 Å². The van der Waals surface area contributed by atoms with Crippen molar-refractivity contribution in [1.29, 1.82) is 0 Å². The minimum Gasteiger partial charge on any atom is -0.382 e. The molecule has 2 aliphatic heterocycles. The van der Waals surface area contributed by atoms with E-state index in [1.807, 2.05) is 6.07 Å². The van der Waals surface area contributed by atoms with Crippen LogP contribution in [0.2, 0.25) is 0 Å². The van der Waals surface area contributed by atoms with Gasteiger partial charge in [0.1, 0.15) is 11.4 Å². The second kappa shape index (κ2) is 5.35. The highest BCUT2D eigenvalue weighted by Gasteiger charge is 2.53. The number of rotatable bonds is 3. The van der Waals surface area contributed by atoms with Gasteiger partial charge in [0.05, 0.1) is 19.3 Å². The van der Waals surface area contributed by atoms with Gasteiger partial charge in [-0.2, -0.15) is 0 Å². The van der Waals surface area contributed by atoms with Crippen molar-refractivity contribution < 1.29 is 13.9 Å². The fourth-order valence-corrected chi connectivity index (χ4v) is 4.08. The Hall–Kier alpha value is -1.11. The van der Waals surface area contributed by atoms with Gasteiger partial charge in [-0.05, 0) is 6.07 Å². The molecule has 3 rings (SSSR count). The van der Waals surface area contributed by atoms with Crippen molar-refractivity contribution in [3.8, 4) is 0 Å². The number of nitrogens with zero attached hydrogens (tertiary/aromatic N) is 1. The van der Waals surface area contributed by atoms with Crippen LogP contribution in [0.3, 0.4) is 0 Å². The van der Waals surface area contributed by atoms with Crippen molar-refractivity contribution in [3.63, 3.8) is 0 Å². The summed E-state index contributed by atoms with van der Waals surface area (Å²) in [6.07, 6.45) is -0.0797. The lowest BCUT2D eigenvalue weighted by Crippen LogP contribution is -2.43. The fraction of sp³-hybridized carbons (Fsp3) is 0.500. The molecule has 20 heavy (non-hydrogen) atoms. The molecule has 0 aromatic heterocycles. The van der Waals surface area contributed by atoms with Crippen LogP contribution in [0.5, 0.6) is 0 Å². The molecule has 0 aliphatic carbocycles. The lowest BCUT2D eigenvalue weighted by atomic mass is 9.79. The molecule has 1 saturated heterocycles. The Kier molecular flexibility index (Phi) is 3.70. The van der Waals surface area contributed by atoms with Crippen molar-refractivity contribution in [1.82, 2.24) is 0 Å². The van der Waals surface area contributed by atoms with E-state index in [9.17, 15) is 4.39 Å². The summed E-state index contributed by atoms with van der Waals surface area (Å²) in [5.74, 6) is 0.566. The summed E-state index contributed by atoms with van der Waals surface area (Å²) >= 11 is 1.49. The smallest absolute Gasteiger partial charge is 0.154 e. The third kappa shape index (κ3) is 2.12. The van der Waals surface area contributed by atoms with E-state index in [4.69, 9.17) is 15.2 Å². The van der Waals surface area contributed by atoms with E-state index in [1.165, 1.54) is 17.8 Å². The molecule has 0 bridgehead atoms. The van der Waals surface area contributed by atoms with Gasteiger partial charge in [0.2, 0.25) is 0 Å². The average Bonchev–Trinajstić information content (AvgIpc) is 2.79. The summed E-state index contributed by atoms with van der Waals surface area (Å²) in [5.41, 5.74) is 5.73. The number of aliphatic imine (C=N–C) groups is 1. The largest absolute Gasteiger partial charge is 0.382 e. The highest BCUT2D eigenvalue weighted by Crippen LogP contribution is 2.47. The van der Waals surface area contributed by atoms with Gasteiger partial charge in [-0.25, -0.2) is 9.38 Å². The molecule has 0 radical (unpaired) electrons. The molecular formula is C14H17FN2O2S. The first-order chi connectivity index (χ1) is 9.67. The molecule has 4 nitrogen and oxygen atoms in total. The van der Waals surface area contributed by atoms with Crippen LogP contribution in [-0.2, 0) is 15.0 Å². The third-order valence-electron chi connectivity index (χ3n) is 3.97. The number of nitrogens with two attached hydrogens (primary N) is 1. The van der Waals surface area contributed by atoms with E-state index in [1.54, 1.807) is 19.2 Å². The number of halogens is 1. The van der Waals surface area contributed by atoms with Gasteiger partial charge in [0.15, 0.2) is 5.17 Å². The number of hydrogen-bond donors (Lipinski definition) is 1. The van der Waals surface area contributed by atoms with E-state index >= 15 is 0 Å². The number of fused-ring (bicyclic) bond motifs is 1. The molecule has 1 fully saturated rings. The highest BCUT2D eigenvalue weighted by atomic mass is 32.2. The molecule has 0 amide bonds. The molecule has 3 atom stereocenters. The molecule has 0 saturated carbocycles. The number of benzene rings is 1. The van der Waals surface area contributed by atoms with E-state index in [0.29, 0.717) is 23.9 Å². The number of hydrogen-bond acceptors (Lipinski definition) is 5. The second-order valence-corrected chi connectivity index (χ2v) is 6.12. The maximum absolute atomic E-state index is 14.2. The molecule has 108 valence electrons. The Morgan fingerprint density at radius 3 is 3.10 bits per heavy atom. The molecule has 1 unspecified atom stereocenters. The summed E-state index contributed by atoms with van der Waals surface area (Å²) in [4.78, 5) is 4.58.